The average molecular weight is 293 g/mol. The zero-order chi connectivity index (χ0) is 15.8. The molecule has 116 valence electrons. The molecule has 2 N–H and O–H groups in total. The molecule has 0 aliphatic carbocycles. The molecule has 1 heterocycles. The number of hydrogen-bond acceptors (Lipinski definition) is 5. The van der Waals surface area contributed by atoms with Gasteiger partial charge in [0.05, 0.1) is 24.0 Å². The van der Waals surface area contributed by atoms with Crippen molar-refractivity contribution in [1.29, 1.82) is 0 Å². The molecule has 1 atom stereocenters. The van der Waals surface area contributed by atoms with E-state index in [0.717, 1.165) is 0 Å². The van der Waals surface area contributed by atoms with E-state index < -0.39 is 11.6 Å². The van der Waals surface area contributed by atoms with Crippen LogP contribution < -0.4 is 10.5 Å². The van der Waals surface area contributed by atoms with Crippen LogP contribution in [-0.4, -0.2) is 30.4 Å². The first-order chi connectivity index (χ1) is 9.64. The van der Waals surface area contributed by atoms with Gasteiger partial charge in [-0.15, -0.1) is 0 Å². The molecule has 5 nitrogen and oxygen atoms in total. The number of hydrogen-bond donors (Lipinski definition) is 1. The van der Waals surface area contributed by atoms with E-state index in [0.29, 0.717) is 23.4 Å². The number of benzene rings is 1. The Kier molecular flexibility index (Phi) is 3.89. The highest BCUT2D eigenvalue weighted by atomic mass is 16.6. The van der Waals surface area contributed by atoms with Gasteiger partial charge < -0.3 is 19.9 Å². The summed E-state index contributed by atoms with van der Waals surface area (Å²) in [5.74, 6) is 0.0689. The van der Waals surface area contributed by atoms with Crippen LogP contribution >= 0.6 is 0 Å². The van der Waals surface area contributed by atoms with E-state index in [2.05, 4.69) is 0 Å². The Balaban J connectivity index is 2.15. The lowest BCUT2D eigenvalue weighted by atomic mass is 9.97. The molecule has 0 radical (unpaired) electrons. The van der Waals surface area contributed by atoms with Crippen LogP contribution in [0.25, 0.3) is 0 Å². The van der Waals surface area contributed by atoms with E-state index in [-0.39, 0.29) is 11.7 Å². The van der Waals surface area contributed by atoms with Crippen molar-refractivity contribution >= 4 is 11.7 Å². The van der Waals surface area contributed by atoms with Crippen molar-refractivity contribution in [3.05, 3.63) is 23.8 Å². The van der Waals surface area contributed by atoms with Gasteiger partial charge in [-0.05, 0) is 45.9 Å². The van der Waals surface area contributed by atoms with Crippen LogP contribution in [0.15, 0.2) is 18.2 Å². The van der Waals surface area contributed by atoms with Crippen molar-refractivity contribution in [2.45, 2.75) is 51.4 Å². The fourth-order valence-electron chi connectivity index (χ4n) is 2.73. The minimum absolute atomic E-state index is 0.288. The third kappa shape index (κ3) is 3.29. The first-order valence-corrected chi connectivity index (χ1v) is 6.99. The molecule has 1 aliphatic rings. The lowest BCUT2D eigenvalue weighted by Gasteiger charge is -2.26. The Morgan fingerprint density at radius 2 is 2.00 bits per heavy atom. The van der Waals surface area contributed by atoms with E-state index in [9.17, 15) is 4.79 Å². The Hall–Kier alpha value is -1.75. The first-order valence-electron chi connectivity index (χ1n) is 6.99. The molecule has 1 aromatic carbocycles. The number of carbonyl (C=O) groups is 1. The maximum absolute atomic E-state index is 12.3. The fraction of sp³-hybridized carbons (Fsp3) is 0.562. The molecule has 1 fully saturated rings. The number of carbonyl (C=O) groups excluding carboxylic acids is 1. The highest BCUT2D eigenvalue weighted by Gasteiger charge is 2.48. The third-order valence-corrected chi connectivity index (χ3v) is 3.71. The van der Waals surface area contributed by atoms with Gasteiger partial charge in [0.1, 0.15) is 17.5 Å². The summed E-state index contributed by atoms with van der Waals surface area (Å²) in [4.78, 5) is 12.3. The second-order valence-corrected chi connectivity index (χ2v) is 6.52. The molecule has 1 aliphatic heterocycles. The zero-order valence-corrected chi connectivity index (χ0v) is 13.2. The molecular weight excluding hydrogens is 270 g/mol. The van der Waals surface area contributed by atoms with Crippen LogP contribution in [-0.2, 0) is 9.47 Å². The molecule has 21 heavy (non-hydrogen) atoms. The van der Waals surface area contributed by atoms with Crippen molar-refractivity contribution < 1.29 is 19.0 Å². The summed E-state index contributed by atoms with van der Waals surface area (Å²) in [7, 11) is 1.51. The molecule has 0 amide bonds. The first kappa shape index (κ1) is 15.6. The Bertz CT molecular complexity index is 551. The van der Waals surface area contributed by atoms with Crippen molar-refractivity contribution in [3.63, 3.8) is 0 Å². The Morgan fingerprint density at radius 3 is 2.52 bits per heavy atom. The second kappa shape index (κ2) is 5.22. The number of rotatable bonds is 3. The van der Waals surface area contributed by atoms with Crippen molar-refractivity contribution in [2.24, 2.45) is 0 Å². The number of ether oxygens (including phenoxy) is 3. The molecule has 1 unspecified atom stereocenters. The van der Waals surface area contributed by atoms with Crippen molar-refractivity contribution in [3.8, 4) is 5.75 Å². The van der Waals surface area contributed by atoms with E-state index in [1.807, 2.05) is 27.7 Å². The lowest BCUT2D eigenvalue weighted by molar-refractivity contribution is -0.0924. The van der Waals surface area contributed by atoms with E-state index >= 15 is 0 Å². The van der Waals surface area contributed by atoms with Crippen LogP contribution in [0.1, 0.15) is 44.5 Å². The Labute approximate surface area is 125 Å². The standard InChI is InChI=1S/C16H23NO4/c1-15(2)9-13(16(3,4)21-15)20-14(18)10-6-7-11(17)12(8-10)19-5/h6-8,13H,9,17H2,1-5H3. The summed E-state index contributed by atoms with van der Waals surface area (Å²) >= 11 is 0. The lowest BCUT2D eigenvalue weighted by Crippen LogP contribution is -2.36. The maximum Gasteiger partial charge on any atom is 0.338 e. The predicted octanol–water partition coefficient (Wildman–Crippen LogP) is 2.78. The largest absolute Gasteiger partial charge is 0.495 e. The predicted molar refractivity (Wildman–Crippen MR) is 80.5 cm³/mol. The molecule has 1 saturated heterocycles. The summed E-state index contributed by atoms with van der Waals surface area (Å²) in [5, 5.41) is 0. The summed E-state index contributed by atoms with van der Waals surface area (Å²) in [6.45, 7) is 7.86. The topological polar surface area (TPSA) is 70.8 Å². The van der Waals surface area contributed by atoms with Gasteiger partial charge in [-0.1, -0.05) is 0 Å². The number of anilines is 1. The second-order valence-electron chi connectivity index (χ2n) is 6.52. The smallest absolute Gasteiger partial charge is 0.338 e. The van der Waals surface area contributed by atoms with Crippen LogP contribution in [0.2, 0.25) is 0 Å². The van der Waals surface area contributed by atoms with Gasteiger partial charge in [0, 0.05) is 6.42 Å². The molecule has 0 saturated carbocycles. The minimum atomic E-state index is -0.503. The summed E-state index contributed by atoms with van der Waals surface area (Å²) < 4.78 is 16.7. The van der Waals surface area contributed by atoms with Crippen LogP contribution in [0.4, 0.5) is 5.69 Å². The van der Waals surface area contributed by atoms with Gasteiger partial charge in [-0.2, -0.15) is 0 Å². The molecule has 0 bridgehead atoms. The van der Waals surface area contributed by atoms with Gasteiger partial charge in [0.15, 0.2) is 0 Å². The molecule has 2 rings (SSSR count). The molecule has 1 aromatic rings. The number of nitrogen functional groups attached to an aromatic ring is 1. The molecular formula is C16H23NO4. The highest BCUT2D eigenvalue weighted by molar-refractivity contribution is 5.90. The SMILES string of the molecule is COc1cc(C(=O)OC2CC(C)(C)OC2(C)C)ccc1N. The maximum atomic E-state index is 12.3. The summed E-state index contributed by atoms with van der Waals surface area (Å²) in [6, 6.07) is 4.86. The molecule has 5 heteroatoms. The van der Waals surface area contributed by atoms with Crippen LogP contribution in [0.5, 0.6) is 5.75 Å². The summed E-state index contributed by atoms with van der Waals surface area (Å²) in [6.07, 6.45) is 0.376. The number of esters is 1. The Morgan fingerprint density at radius 1 is 1.33 bits per heavy atom. The fourth-order valence-corrected chi connectivity index (χ4v) is 2.73. The van der Waals surface area contributed by atoms with Gasteiger partial charge >= 0.3 is 5.97 Å². The number of nitrogens with two attached hydrogens (primary N) is 1. The normalized spacial score (nSPS) is 22.8. The van der Waals surface area contributed by atoms with Crippen LogP contribution in [0.3, 0.4) is 0 Å². The quantitative estimate of drug-likeness (QED) is 0.685. The molecule has 0 spiro atoms. The van der Waals surface area contributed by atoms with E-state index in [4.69, 9.17) is 19.9 Å². The zero-order valence-electron chi connectivity index (χ0n) is 13.2. The van der Waals surface area contributed by atoms with Crippen molar-refractivity contribution in [1.82, 2.24) is 0 Å². The van der Waals surface area contributed by atoms with Gasteiger partial charge in [0.2, 0.25) is 0 Å². The number of methoxy groups -OCH3 is 1. The van der Waals surface area contributed by atoms with Gasteiger partial charge in [-0.3, -0.25) is 0 Å². The summed E-state index contributed by atoms with van der Waals surface area (Å²) in [5.41, 5.74) is 5.85. The van der Waals surface area contributed by atoms with Crippen LogP contribution in [0, 0.1) is 0 Å². The minimum Gasteiger partial charge on any atom is -0.495 e. The monoisotopic (exact) mass is 293 g/mol. The molecule has 0 aromatic heterocycles. The van der Waals surface area contributed by atoms with Crippen molar-refractivity contribution in [2.75, 3.05) is 12.8 Å². The van der Waals surface area contributed by atoms with E-state index in [1.54, 1.807) is 18.2 Å². The van der Waals surface area contributed by atoms with E-state index in [1.165, 1.54) is 7.11 Å². The van der Waals surface area contributed by atoms with Gasteiger partial charge in [-0.25, -0.2) is 4.79 Å². The highest BCUT2D eigenvalue weighted by Crippen LogP contribution is 2.39. The van der Waals surface area contributed by atoms with Gasteiger partial charge in [0.25, 0.3) is 0 Å². The average Bonchev–Trinajstić information content (AvgIpc) is 2.57. The third-order valence-electron chi connectivity index (χ3n) is 3.71.